The fourth-order valence-corrected chi connectivity index (χ4v) is 7.85. The van der Waals surface area contributed by atoms with Gasteiger partial charge in [-0.15, -0.1) is 0 Å². The highest BCUT2D eigenvalue weighted by molar-refractivity contribution is 7.91. The summed E-state index contributed by atoms with van der Waals surface area (Å²) in [6.45, 7) is 3.93. The molecule has 1 saturated carbocycles. The van der Waals surface area contributed by atoms with Crippen LogP contribution < -0.4 is 5.32 Å². The monoisotopic (exact) mass is 550 g/mol. The molecule has 210 valence electrons. The standard InChI is InChI=1S/C31H42N4O3S/c1-22-14-16-24(17-15-22)28-20-27(31(36)32-25-12-10-8-6-4-3-5-7-9-11-13-25)29-23(2)34-35(30(29)33-28)26-18-19-39(37,38)21-26/h14-17,20,25-26H,3-13,18-19,21H2,1-2H3,(H,32,36). The summed E-state index contributed by atoms with van der Waals surface area (Å²) in [5.74, 6) is 0.128. The van der Waals surface area contributed by atoms with E-state index in [1.54, 1.807) is 4.68 Å². The van der Waals surface area contributed by atoms with Gasteiger partial charge in [-0.05, 0) is 39.2 Å². The number of sulfone groups is 1. The average molecular weight is 551 g/mol. The van der Waals surface area contributed by atoms with Crippen LogP contribution in [-0.2, 0) is 9.84 Å². The zero-order chi connectivity index (χ0) is 27.4. The molecule has 1 aliphatic carbocycles. The van der Waals surface area contributed by atoms with E-state index >= 15 is 0 Å². The van der Waals surface area contributed by atoms with Gasteiger partial charge in [0.25, 0.3) is 5.91 Å². The first-order valence-corrected chi connectivity index (χ1v) is 16.6. The summed E-state index contributed by atoms with van der Waals surface area (Å²) in [5, 5.41) is 8.86. The Morgan fingerprint density at radius 1 is 0.897 bits per heavy atom. The molecule has 39 heavy (non-hydrogen) atoms. The molecule has 1 amide bonds. The van der Waals surface area contributed by atoms with E-state index in [4.69, 9.17) is 10.1 Å². The third-order valence-corrected chi connectivity index (χ3v) is 10.2. The van der Waals surface area contributed by atoms with Gasteiger partial charge in [0, 0.05) is 11.6 Å². The molecule has 1 saturated heterocycles. The lowest BCUT2D eigenvalue weighted by Crippen LogP contribution is -2.35. The minimum absolute atomic E-state index is 0.0588. The van der Waals surface area contributed by atoms with Crippen molar-refractivity contribution < 1.29 is 13.2 Å². The first-order chi connectivity index (χ1) is 18.8. The minimum atomic E-state index is -3.10. The summed E-state index contributed by atoms with van der Waals surface area (Å²) in [6.07, 6.45) is 13.8. The Bertz CT molecular complexity index is 1400. The third kappa shape index (κ3) is 6.71. The number of hydrogen-bond donors (Lipinski definition) is 1. The molecule has 0 radical (unpaired) electrons. The summed E-state index contributed by atoms with van der Waals surface area (Å²) < 4.78 is 26.3. The number of nitrogens with one attached hydrogen (secondary N) is 1. The van der Waals surface area contributed by atoms with Gasteiger partial charge in [0.2, 0.25) is 0 Å². The van der Waals surface area contributed by atoms with Crippen molar-refractivity contribution in [1.82, 2.24) is 20.1 Å². The number of carbonyl (C=O) groups is 1. The van der Waals surface area contributed by atoms with E-state index < -0.39 is 9.84 Å². The highest BCUT2D eigenvalue weighted by Crippen LogP contribution is 2.32. The normalized spacial score (nSPS) is 21.3. The van der Waals surface area contributed by atoms with Crippen LogP contribution in [0.4, 0.5) is 0 Å². The molecule has 2 fully saturated rings. The molecule has 1 N–H and O–H groups in total. The number of pyridine rings is 1. The topological polar surface area (TPSA) is 94.0 Å². The smallest absolute Gasteiger partial charge is 0.252 e. The Kier molecular flexibility index (Phi) is 8.70. The lowest BCUT2D eigenvalue weighted by molar-refractivity contribution is 0.0933. The van der Waals surface area contributed by atoms with E-state index in [2.05, 4.69) is 5.32 Å². The third-order valence-electron chi connectivity index (χ3n) is 8.42. The van der Waals surface area contributed by atoms with Gasteiger partial charge in [-0.3, -0.25) is 4.79 Å². The molecule has 8 heteroatoms. The van der Waals surface area contributed by atoms with Crippen molar-refractivity contribution in [2.45, 2.75) is 103 Å². The Morgan fingerprint density at radius 3 is 2.10 bits per heavy atom. The van der Waals surface area contributed by atoms with Crippen molar-refractivity contribution >= 4 is 26.8 Å². The molecule has 7 nitrogen and oxygen atoms in total. The van der Waals surface area contributed by atoms with Gasteiger partial charge >= 0.3 is 0 Å². The molecule has 0 bridgehead atoms. The van der Waals surface area contributed by atoms with E-state index in [0.29, 0.717) is 29.0 Å². The largest absolute Gasteiger partial charge is 0.349 e. The second-order valence-corrected chi connectivity index (χ2v) is 13.9. The molecule has 1 atom stereocenters. The van der Waals surface area contributed by atoms with Crippen LogP contribution in [0.2, 0.25) is 0 Å². The first-order valence-electron chi connectivity index (χ1n) is 14.8. The van der Waals surface area contributed by atoms with E-state index in [9.17, 15) is 13.2 Å². The van der Waals surface area contributed by atoms with Gasteiger partial charge < -0.3 is 5.32 Å². The molecule has 2 aliphatic rings. The Morgan fingerprint density at radius 2 is 1.51 bits per heavy atom. The average Bonchev–Trinajstić information content (AvgIpc) is 3.44. The van der Waals surface area contributed by atoms with E-state index in [1.807, 2.05) is 44.2 Å². The number of aromatic nitrogens is 3. The molecule has 2 aromatic heterocycles. The second-order valence-electron chi connectivity index (χ2n) is 11.6. The van der Waals surface area contributed by atoms with Crippen LogP contribution >= 0.6 is 0 Å². The summed E-state index contributed by atoms with van der Waals surface area (Å²) in [7, 11) is -3.10. The van der Waals surface area contributed by atoms with E-state index in [1.165, 1.54) is 44.9 Å². The van der Waals surface area contributed by atoms with E-state index in [-0.39, 0.29) is 29.5 Å². The maximum atomic E-state index is 14.0. The first kappa shape index (κ1) is 27.8. The van der Waals surface area contributed by atoms with Crippen LogP contribution in [0.15, 0.2) is 30.3 Å². The highest BCUT2D eigenvalue weighted by Gasteiger charge is 2.32. The lowest BCUT2D eigenvalue weighted by atomic mass is 9.97. The number of carbonyl (C=O) groups excluding carboxylic acids is 1. The van der Waals surface area contributed by atoms with Crippen LogP contribution in [0.1, 0.15) is 105 Å². The number of benzene rings is 1. The highest BCUT2D eigenvalue weighted by atomic mass is 32.2. The van der Waals surface area contributed by atoms with Crippen LogP contribution in [0.3, 0.4) is 0 Å². The van der Waals surface area contributed by atoms with E-state index in [0.717, 1.165) is 42.2 Å². The molecule has 1 aromatic carbocycles. The maximum absolute atomic E-state index is 14.0. The van der Waals surface area contributed by atoms with Crippen molar-refractivity contribution in [2.24, 2.45) is 0 Å². The Balaban J connectivity index is 1.51. The Hall–Kier alpha value is -2.74. The number of nitrogens with zero attached hydrogens (tertiary/aromatic N) is 3. The molecule has 3 heterocycles. The molecule has 1 unspecified atom stereocenters. The molecule has 5 rings (SSSR count). The zero-order valence-corrected chi connectivity index (χ0v) is 24.2. The number of amides is 1. The number of aryl methyl sites for hydroxylation is 2. The predicted octanol–water partition coefficient (Wildman–Crippen LogP) is 6.48. The number of hydrogen-bond acceptors (Lipinski definition) is 5. The second kappa shape index (κ2) is 12.2. The predicted molar refractivity (Wildman–Crippen MR) is 157 cm³/mol. The van der Waals surface area contributed by atoms with Gasteiger partial charge in [-0.25, -0.2) is 18.1 Å². The minimum Gasteiger partial charge on any atom is -0.349 e. The molecule has 0 spiro atoms. The molecular formula is C31H42N4O3S. The van der Waals surface area contributed by atoms with Crippen molar-refractivity contribution in [3.8, 4) is 11.3 Å². The van der Waals surface area contributed by atoms with Gasteiger partial charge in [-0.2, -0.15) is 5.10 Å². The maximum Gasteiger partial charge on any atom is 0.252 e. The fourth-order valence-electron chi connectivity index (χ4n) is 6.16. The summed E-state index contributed by atoms with van der Waals surface area (Å²) >= 11 is 0. The zero-order valence-electron chi connectivity index (χ0n) is 23.4. The summed E-state index contributed by atoms with van der Waals surface area (Å²) in [6, 6.07) is 9.89. The number of fused-ring (bicyclic) bond motifs is 1. The van der Waals surface area contributed by atoms with Gasteiger partial charge in [0.15, 0.2) is 15.5 Å². The molecule has 1 aliphatic heterocycles. The van der Waals surface area contributed by atoms with Gasteiger partial charge in [0.1, 0.15) is 0 Å². The van der Waals surface area contributed by atoms with Crippen molar-refractivity contribution in [3.63, 3.8) is 0 Å². The van der Waals surface area contributed by atoms with Crippen LogP contribution in [0, 0.1) is 13.8 Å². The summed E-state index contributed by atoms with van der Waals surface area (Å²) in [4.78, 5) is 18.9. The summed E-state index contributed by atoms with van der Waals surface area (Å²) in [5.41, 5.74) is 4.65. The molecular weight excluding hydrogens is 508 g/mol. The number of rotatable bonds is 4. The van der Waals surface area contributed by atoms with Crippen LogP contribution in [0.5, 0.6) is 0 Å². The van der Waals surface area contributed by atoms with Crippen molar-refractivity contribution in [2.75, 3.05) is 11.5 Å². The molecule has 3 aromatic rings. The van der Waals surface area contributed by atoms with Crippen LogP contribution in [-0.4, -0.2) is 46.6 Å². The quantitative estimate of drug-likeness (QED) is 0.401. The van der Waals surface area contributed by atoms with Crippen molar-refractivity contribution in [1.29, 1.82) is 0 Å². The van der Waals surface area contributed by atoms with Gasteiger partial charge in [0.05, 0.1) is 39.9 Å². The Labute approximate surface area is 232 Å². The fraction of sp³-hybridized carbons (Fsp3) is 0.581. The van der Waals surface area contributed by atoms with Crippen molar-refractivity contribution in [3.05, 3.63) is 47.2 Å². The van der Waals surface area contributed by atoms with Gasteiger partial charge in [-0.1, -0.05) is 87.6 Å². The van der Waals surface area contributed by atoms with Crippen LogP contribution in [0.25, 0.3) is 22.3 Å². The lowest BCUT2D eigenvalue weighted by Gasteiger charge is -2.20. The SMILES string of the molecule is Cc1ccc(-c2cc(C(=O)NC3CCCCCCCCCCC3)c3c(C)nn(C4CCS(=O)(=O)C4)c3n2)cc1.